The second kappa shape index (κ2) is 7.76. The van der Waals surface area contributed by atoms with Crippen LogP contribution in [-0.2, 0) is 4.74 Å². The van der Waals surface area contributed by atoms with Crippen LogP contribution in [0.5, 0.6) is 0 Å². The highest BCUT2D eigenvalue weighted by atomic mass is 35.5. The van der Waals surface area contributed by atoms with Crippen LogP contribution in [0.4, 0.5) is 5.69 Å². The summed E-state index contributed by atoms with van der Waals surface area (Å²) in [6.07, 6.45) is 0. The van der Waals surface area contributed by atoms with Crippen molar-refractivity contribution in [3.8, 4) is 11.3 Å². The predicted octanol–water partition coefficient (Wildman–Crippen LogP) is 3.84. The molecular weight excluding hydrogens is 354 g/mol. The quantitative estimate of drug-likeness (QED) is 0.708. The number of rotatable bonds is 4. The Morgan fingerprint density at radius 3 is 2.42 bits per heavy atom. The Hall–Kier alpha value is -3.25. The van der Waals surface area contributed by atoms with Crippen LogP contribution >= 0.6 is 11.6 Å². The van der Waals surface area contributed by atoms with E-state index >= 15 is 0 Å². The molecule has 3 rings (SSSR count). The molecule has 1 amide bonds. The van der Waals surface area contributed by atoms with Gasteiger partial charge in [0.05, 0.1) is 29.1 Å². The summed E-state index contributed by atoms with van der Waals surface area (Å²) in [6, 6.07) is 17.3. The lowest BCUT2D eigenvalue weighted by atomic mass is 10.1. The van der Waals surface area contributed by atoms with Crippen molar-refractivity contribution in [2.45, 2.75) is 0 Å². The number of esters is 1. The Bertz CT molecular complexity index is 944. The van der Waals surface area contributed by atoms with E-state index in [9.17, 15) is 9.59 Å². The lowest BCUT2D eigenvalue weighted by molar-refractivity contribution is 0.0600. The Morgan fingerprint density at radius 2 is 1.77 bits per heavy atom. The molecule has 6 nitrogen and oxygen atoms in total. The van der Waals surface area contributed by atoms with Gasteiger partial charge in [-0.2, -0.15) is 0 Å². The molecule has 1 aromatic heterocycles. The van der Waals surface area contributed by atoms with E-state index in [-0.39, 0.29) is 16.9 Å². The average Bonchev–Trinajstić information content (AvgIpc) is 2.69. The summed E-state index contributed by atoms with van der Waals surface area (Å²) >= 11 is 6.08. The number of hydrogen-bond donors (Lipinski definition) is 1. The first-order valence-corrected chi connectivity index (χ1v) is 8.04. The summed E-state index contributed by atoms with van der Waals surface area (Å²) in [5.74, 6) is -1.01. The van der Waals surface area contributed by atoms with Gasteiger partial charge in [0.2, 0.25) is 0 Å². The maximum absolute atomic E-state index is 12.4. The molecule has 0 saturated carbocycles. The zero-order chi connectivity index (χ0) is 18.5. The lowest BCUT2D eigenvalue weighted by Crippen LogP contribution is -2.15. The fraction of sp³-hybridized carbons (Fsp3) is 0.0526. The molecule has 0 aliphatic rings. The Labute approximate surface area is 154 Å². The third kappa shape index (κ3) is 3.87. The van der Waals surface area contributed by atoms with Gasteiger partial charge in [0.1, 0.15) is 0 Å². The van der Waals surface area contributed by atoms with Gasteiger partial charge in [-0.1, -0.05) is 41.9 Å². The molecule has 0 aliphatic carbocycles. The molecule has 130 valence electrons. The van der Waals surface area contributed by atoms with Crippen molar-refractivity contribution in [1.29, 1.82) is 0 Å². The lowest BCUT2D eigenvalue weighted by Gasteiger charge is -2.08. The van der Waals surface area contributed by atoms with Crippen LogP contribution in [0.1, 0.15) is 20.8 Å². The van der Waals surface area contributed by atoms with Gasteiger partial charge in [-0.05, 0) is 30.3 Å². The molecule has 0 atom stereocenters. The normalized spacial score (nSPS) is 10.2. The van der Waals surface area contributed by atoms with Crippen LogP contribution < -0.4 is 5.32 Å². The summed E-state index contributed by atoms with van der Waals surface area (Å²) in [4.78, 5) is 24.0. The molecule has 3 aromatic rings. The zero-order valence-corrected chi connectivity index (χ0v) is 14.5. The number of aromatic nitrogens is 2. The van der Waals surface area contributed by atoms with Gasteiger partial charge in [-0.3, -0.25) is 4.79 Å². The molecule has 1 heterocycles. The van der Waals surface area contributed by atoms with Gasteiger partial charge in [0.25, 0.3) is 5.91 Å². The molecule has 2 aromatic carbocycles. The topological polar surface area (TPSA) is 81.2 Å². The number of benzene rings is 2. The fourth-order valence-corrected chi connectivity index (χ4v) is 2.43. The maximum Gasteiger partial charge on any atom is 0.337 e. The number of carbonyl (C=O) groups excluding carboxylic acids is 2. The number of methoxy groups -OCH3 is 1. The number of halogens is 1. The second-order valence-corrected chi connectivity index (χ2v) is 5.72. The smallest absolute Gasteiger partial charge is 0.337 e. The molecule has 0 unspecified atom stereocenters. The largest absolute Gasteiger partial charge is 0.465 e. The van der Waals surface area contributed by atoms with Crippen molar-refractivity contribution >= 4 is 29.2 Å². The van der Waals surface area contributed by atoms with E-state index in [4.69, 9.17) is 11.6 Å². The average molecular weight is 368 g/mol. The number of hydrogen-bond acceptors (Lipinski definition) is 5. The summed E-state index contributed by atoms with van der Waals surface area (Å²) in [7, 11) is 1.28. The predicted molar refractivity (Wildman–Crippen MR) is 98.2 cm³/mol. The van der Waals surface area contributed by atoms with Crippen molar-refractivity contribution in [3.05, 3.63) is 76.9 Å². The summed E-state index contributed by atoms with van der Waals surface area (Å²) in [5.41, 5.74) is 2.25. The van der Waals surface area contributed by atoms with E-state index in [1.54, 1.807) is 12.1 Å². The van der Waals surface area contributed by atoms with Gasteiger partial charge in [-0.15, -0.1) is 10.2 Å². The SMILES string of the molecule is COC(=O)c1ccc(Cl)c(NC(=O)c2ccc(-c3ccccc3)nn2)c1. The van der Waals surface area contributed by atoms with Crippen LogP contribution in [0.3, 0.4) is 0 Å². The molecule has 0 saturated heterocycles. The van der Waals surface area contributed by atoms with Crippen molar-refractivity contribution in [3.63, 3.8) is 0 Å². The summed E-state index contributed by atoms with van der Waals surface area (Å²) in [6.45, 7) is 0. The van der Waals surface area contributed by atoms with Gasteiger partial charge < -0.3 is 10.1 Å². The minimum Gasteiger partial charge on any atom is -0.465 e. The Kier molecular flexibility index (Phi) is 5.24. The van der Waals surface area contributed by atoms with Crippen LogP contribution in [0.25, 0.3) is 11.3 Å². The highest BCUT2D eigenvalue weighted by Crippen LogP contribution is 2.24. The second-order valence-electron chi connectivity index (χ2n) is 5.31. The first-order valence-electron chi connectivity index (χ1n) is 7.67. The molecule has 0 spiro atoms. The van der Waals surface area contributed by atoms with E-state index < -0.39 is 11.9 Å². The van der Waals surface area contributed by atoms with Gasteiger partial charge in [0.15, 0.2) is 5.69 Å². The van der Waals surface area contributed by atoms with Crippen LogP contribution in [0.15, 0.2) is 60.7 Å². The van der Waals surface area contributed by atoms with E-state index in [1.807, 2.05) is 30.3 Å². The minimum absolute atomic E-state index is 0.129. The number of amides is 1. The molecule has 0 aliphatic heterocycles. The summed E-state index contributed by atoms with van der Waals surface area (Å²) < 4.78 is 4.66. The monoisotopic (exact) mass is 367 g/mol. The number of nitrogens with zero attached hydrogens (tertiary/aromatic N) is 2. The fourth-order valence-electron chi connectivity index (χ4n) is 2.27. The summed E-state index contributed by atoms with van der Waals surface area (Å²) in [5, 5.41) is 10.9. The standard InChI is InChI=1S/C19H14ClN3O3/c1-26-19(25)13-7-8-14(20)17(11-13)21-18(24)16-10-9-15(22-23-16)12-5-3-2-4-6-12/h2-11H,1H3,(H,21,24). The zero-order valence-electron chi connectivity index (χ0n) is 13.8. The van der Waals surface area contributed by atoms with Crippen LogP contribution in [-0.4, -0.2) is 29.2 Å². The van der Waals surface area contributed by atoms with E-state index in [0.717, 1.165) is 5.56 Å². The third-order valence-electron chi connectivity index (χ3n) is 3.60. The maximum atomic E-state index is 12.4. The Balaban J connectivity index is 1.79. The molecular formula is C19H14ClN3O3. The molecule has 1 N–H and O–H groups in total. The van der Waals surface area contributed by atoms with Gasteiger partial charge in [-0.25, -0.2) is 4.79 Å². The van der Waals surface area contributed by atoms with Gasteiger partial charge in [0, 0.05) is 5.56 Å². The van der Waals surface area contributed by atoms with Crippen molar-refractivity contribution in [2.75, 3.05) is 12.4 Å². The Morgan fingerprint density at radius 1 is 1.00 bits per heavy atom. The van der Waals surface area contributed by atoms with Crippen molar-refractivity contribution in [1.82, 2.24) is 10.2 Å². The van der Waals surface area contributed by atoms with Gasteiger partial charge >= 0.3 is 5.97 Å². The van der Waals surface area contributed by atoms with Crippen LogP contribution in [0, 0.1) is 0 Å². The molecule has 0 fully saturated rings. The molecule has 0 bridgehead atoms. The molecule has 26 heavy (non-hydrogen) atoms. The number of ether oxygens (including phenoxy) is 1. The van der Waals surface area contributed by atoms with Crippen molar-refractivity contribution in [2.24, 2.45) is 0 Å². The molecule has 0 radical (unpaired) electrons. The van der Waals surface area contributed by atoms with E-state index in [1.165, 1.54) is 25.3 Å². The number of carbonyl (C=O) groups is 2. The molecule has 7 heteroatoms. The highest BCUT2D eigenvalue weighted by Gasteiger charge is 2.14. The highest BCUT2D eigenvalue weighted by molar-refractivity contribution is 6.34. The van der Waals surface area contributed by atoms with Crippen LogP contribution in [0.2, 0.25) is 5.02 Å². The van der Waals surface area contributed by atoms with E-state index in [2.05, 4.69) is 20.3 Å². The first kappa shape index (κ1) is 17.6. The minimum atomic E-state index is -0.524. The number of nitrogens with one attached hydrogen (secondary N) is 1. The van der Waals surface area contributed by atoms with E-state index in [0.29, 0.717) is 10.7 Å². The first-order chi connectivity index (χ1) is 12.6. The third-order valence-corrected chi connectivity index (χ3v) is 3.93. The number of anilines is 1. The van der Waals surface area contributed by atoms with Crippen molar-refractivity contribution < 1.29 is 14.3 Å².